The second-order valence-electron chi connectivity index (χ2n) is 11.7. The minimum atomic E-state index is -1.77. The van der Waals surface area contributed by atoms with Crippen molar-refractivity contribution in [2.75, 3.05) is 13.2 Å². The van der Waals surface area contributed by atoms with Crippen LogP contribution in [-0.4, -0.2) is 97.8 Å². The van der Waals surface area contributed by atoms with Crippen LogP contribution in [0.15, 0.2) is 48.5 Å². The van der Waals surface area contributed by atoms with Crippen LogP contribution in [0.5, 0.6) is 11.5 Å². The molecule has 18 nitrogen and oxygen atoms in total. The van der Waals surface area contributed by atoms with E-state index in [0.717, 1.165) is 34.6 Å². The molecule has 0 bridgehead atoms. The third-order valence-corrected chi connectivity index (χ3v) is 7.09. The van der Waals surface area contributed by atoms with Crippen LogP contribution in [-0.2, 0) is 71.5 Å². The third kappa shape index (κ3) is 13.3. The van der Waals surface area contributed by atoms with Gasteiger partial charge in [-0.1, -0.05) is 12.1 Å². The molecule has 0 unspecified atom stereocenters. The van der Waals surface area contributed by atoms with Gasteiger partial charge in [-0.05, 0) is 42.0 Å². The van der Waals surface area contributed by atoms with Crippen molar-refractivity contribution < 1.29 is 85.7 Å². The van der Waals surface area contributed by atoms with Gasteiger partial charge in [0.1, 0.15) is 36.9 Å². The minimum Gasteiger partial charge on any atom is -0.463 e. The molecule has 0 aliphatic carbocycles. The summed E-state index contributed by atoms with van der Waals surface area (Å²) in [6.07, 6.45) is -10.9. The third-order valence-electron chi connectivity index (χ3n) is 7.09. The van der Waals surface area contributed by atoms with Crippen molar-refractivity contribution in [3.8, 4) is 11.5 Å². The number of carbonyl (C=O) groups is 8. The Morgan fingerprint density at radius 1 is 0.574 bits per heavy atom. The van der Waals surface area contributed by atoms with Crippen molar-refractivity contribution in [1.29, 1.82) is 0 Å². The van der Waals surface area contributed by atoms with Crippen molar-refractivity contribution in [1.82, 2.24) is 0 Å². The molecular weight excluding hydrogens is 720 g/mol. The van der Waals surface area contributed by atoms with Crippen LogP contribution in [0.2, 0.25) is 0 Å². The van der Waals surface area contributed by atoms with Gasteiger partial charge in [-0.2, -0.15) is 0 Å². The summed E-state index contributed by atoms with van der Waals surface area (Å²) in [5.41, 5.74) is 0.288. The Labute approximate surface area is 309 Å². The highest BCUT2D eigenvalue weighted by molar-refractivity contribution is 5.89. The molecule has 0 radical (unpaired) electrons. The Hall–Kier alpha value is -5.88. The van der Waals surface area contributed by atoms with Crippen molar-refractivity contribution in [2.45, 2.75) is 91.4 Å². The van der Waals surface area contributed by atoms with Crippen molar-refractivity contribution in [2.24, 2.45) is 0 Å². The van der Waals surface area contributed by atoms with Gasteiger partial charge in [0, 0.05) is 48.5 Å². The molecule has 1 aliphatic rings. The predicted molar refractivity (Wildman–Crippen MR) is 177 cm³/mol. The summed E-state index contributed by atoms with van der Waals surface area (Å²) in [5, 5.41) is 0. The van der Waals surface area contributed by atoms with Gasteiger partial charge in [0.25, 0.3) is 0 Å². The molecule has 1 saturated heterocycles. The van der Waals surface area contributed by atoms with Gasteiger partial charge in [-0.25, -0.2) is 4.79 Å². The average molecular weight is 761 g/mol. The number of ether oxygens (including phenoxy) is 10. The Kier molecular flexibility index (Phi) is 15.6. The van der Waals surface area contributed by atoms with E-state index in [2.05, 4.69) is 0 Å². The van der Waals surface area contributed by atoms with E-state index in [9.17, 15) is 38.4 Å². The minimum absolute atomic E-state index is 0.0262. The molecule has 54 heavy (non-hydrogen) atoms. The van der Waals surface area contributed by atoms with Gasteiger partial charge in [0.05, 0.1) is 5.56 Å². The van der Waals surface area contributed by atoms with Crippen LogP contribution in [0.1, 0.15) is 70.5 Å². The van der Waals surface area contributed by atoms with Gasteiger partial charge < -0.3 is 47.4 Å². The summed E-state index contributed by atoms with van der Waals surface area (Å²) in [5.74, 6) is -5.96. The molecule has 2 aromatic carbocycles. The molecule has 0 spiro atoms. The van der Waals surface area contributed by atoms with E-state index in [4.69, 9.17) is 47.4 Å². The van der Waals surface area contributed by atoms with Crippen LogP contribution < -0.4 is 9.47 Å². The molecule has 1 aliphatic heterocycles. The van der Waals surface area contributed by atoms with Gasteiger partial charge in [-0.15, -0.1) is 0 Å². The first-order chi connectivity index (χ1) is 25.4. The second kappa shape index (κ2) is 19.8. The van der Waals surface area contributed by atoms with Crippen LogP contribution in [0.3, 0.4) is 0 Å². The fraction of sp³-hybridized carbons (Fsp3) is 0.444. The molecular formula is C36H40O18. The fourth-order valence-electron chi connectivity index (χ4n) is 5.16. The average Bonchev–Trinajstić information content (AvgIpc) is 3.06. The highest BCUT2D eigenvalue weighted by Gasteiger charge is 2.54. The van der Waals surface area contributed by atoms with Crippen LogP contribution >= 0.6 is 0 Å². The SMILES string of the molecule is CC(=O)OC[C@@H](O[C@@H]1O[C@H](COC(=O)c2ccc(OC(C)=O)cc2)[C@@H](OC(C)=O)[C@H](OC(C)=O)[C@H]1OC(C)=O)[C@H](OC(C)=O)c1ccc(OC(C)=O)cc1. The maximum absolute atomic E-state index is 13.1. The van der Waals surface area contributed by atoms with E-state index in [1.807, 2.05) is 0 Å². The second-order valence-corrected chi connectivity index (χ2v) is 11.7. The first-order valence-corrected chi connectivity index (χ1v) is 16.3. The zero-order valence-corrected chi connectivity index (χ0v) is 30.4. The first kappa shape index (κ1) is 42.5. The molecule has 1 fully saturated rings. The topological polar surface area (TPSA) is 229 Å². The molecule has 3 rings (SSSR count). The Balaban J connectivity index is 2.06. The Bertz CT molecular complexity index is 1680. The van der Waals surface area contributed by atoms with Crippen molar-refractivity contribution in [3.05, 3.63) is 59.7 Å². The van der Waals surface area contributed by atoms with Crippen LogP contribution in [0.4, 0.5) is 0 Å². The van der Waals surface area contributed by atoms with Crippen LogP contribution in [0.25, 0.3) is 0 Å². The highest BCUT2D eigenvalue weighted by atomic mass is 16.7. The van der Waals surface area contributed by atoms with E-state index in [0.29, 0.717) is 0 Å². The zero-order valence-electron chi connectivity index (χ0n) is 30.4. The quantitative estimate of drug-likeness (QED) is 0.144. The maximum atomic E-state index is 13.1. The largest absolute Gasteiger partial charge is 0.463 e. The molecule has 0 N–H and O–H groups in total. The highest BCUT2D eigenvalue weighted by Crippen LogP contribution is 2.34. The Morgan fingerprint density at radius 3 is 1.56 bits per heavy atom. The van der Waals surface area contributed by atoms with E-state index in [1.165, 1.54) is 62.4 Å². The van der Waals surface area contributed by atoms with E-state index in [-0.39, 0.29) is 22.6 Å². The number of carbonyl (C=O) groups excluding carboxylic acids is 8. The van der Waals surface area contributed by atoms with Gasteiger partial charge in [0.15, 0.2) is 30.7 Å². The summed E-state index contributed by atoms with van der Waals surface area (Å²) >= 11 is 0. The van der Waals surface area contributed by atoms with Gasteiger partial charge in [0.2, 0.25) is 0 Å². The fourth-order valence-corrected chi connectivity index (χ4v) is 5.16. The standard InChI is InChI=1S/C36H40O18/c1-18(37)45-16-29(31(49-21(4)40)25-8-12-27(13-9-25)47-19(2)38)53-36-34(52-24(7)43)33(51-23(6)42)32(50-22(5)41)30(54-36)17-46-35(44)26-10-14-28(15-11-26)48-20(3)39/h8-15,29-34,36H,16-17H2,1-7H3/t29-,30-,31-,32-,33+,34-,36-/m1/s1. The lowest BCUT2D eigenvalue weighted by molar-refractivity contribution is -0.324. The number of esters is 8. The molecule has 292 valence electrons. The first-order valence-electron chi connectivity index (χ1n) is 16.3. The van der Waals surface area contributed by atoms with Gasteiger partial charge >= 0.3 is 47.8 Å². The summed E-state index contributed by atoms with van der Waals surface area (Å²) in [4.78, 5) is 97.2. The summed E-state index contributed by atoms with van der Waals surface area (Å²) < 4.78 is 55.2. The van der Waals surface area contributed by atoms with E-state index >= 15 is 0 Å². The molecule has 0 saturated carbocycles. The lowest BCUT2D eigenvalue weighted by Crippen LogP contribution is -2.63. The van der Waals surface area contributed by atoms with Gasteiger partial charge in [-0.3, -0.25) is 33.6 Å². The summed E-state index contributed by atoms with van der Waals surface area (Å²) in [6, 6.07) is 11.1. The number of benzene rings is 2. The lowest BCUT2D eigenvalue weighted by atomic mass is 9.97. The smallest absolute Gasteiger partial charge is 0.338 e. The molecule has 0 aromatic heterocycles. The van der Waals surface area contributed by atoms with E-state index in [1.54, 1.807) is 0 Å². The lowest BCUT2D eigenvalue weighted by Gasteiger charge is -2.45. The Morgan fingerprint density at radius 2 is 1.07 bits per heavy atom. The number of rotatable bonds is 15. The van der Waals surface area contributed by atoms with Crippen molar-refractivity contribution in [3.63, 3.8) is 0 Å². The molecule has 2 aromatic rings. The maximum Gasteiger partial charge on any atom is 0.338 e. The zero-order chi connectivity index (χ0) is 40.1. The monoisotopic (exact) mass is 760 g/mol. The summed E-state index contributed by atoms with van der Waals surface area (Å²) in [7, 11) is 0. The molecule has 0 amide bonds. The summed E-state index contributed by atoms with van der Waals surface area (Å²) in [6.45, 7) is 6.50. The number of hydrogen-bond acceptors (Lipinski definition) is 18. The molecule has 18 heteroatoms. The predicted octanol–water partition coefficient (Wildman–Crippen LogP) is 2.47. The van der Waals surface area contributed by atoms with Crippen molar-refractivity contribution >= 4 is 47.8 Å². The van der Waals surface area contributed by atoms with Crippen LogP contribution in [0, 0.1) is 0 Å². The van der Waals surface area contributed by atoms with E-state index < -0.39 is 104 Å². The normalized spacial score (nSPS) is 20.2. The molecule has 7 atom stereocenters. The number of hydrogen-bond donors (Lipinski definition) is 0. The molecule has 1 heterocycles.